The first-order chi connectivity index (χ1) is 8.87. The zero-order valence-corrected chi connectivity index (χ0v) is 11.8. The van der Waals surface area contributed by atoms with Gasteiger partial charge in [0.05, 0.1) is 6.04 Å². The van der Waals surface area contributed by atoms with Crippen LogP contribution in [-0.2, 0) is 4.79 Å². The molecule has 0 radical (unpaired) electrons. The Morgan fingerprint density at radius 1 is 1.11 bits per heavy atom. The molecule has 0 rings (SSSR count). The molecule has 0 aliphatic rings. The molecule has 0 saturated carbocycles. The van der Waals surface area contributed by atoms with E-state index >= 15 is 0 Å². The van der Waals surface area contributed by atoms with Gasteiger partial charge in [-0.25, -0.2) is 0 Å². The van der Waals surface area contributed by atoms with Crippen LogP contribution in [0.5, 0.6) is 0 Å². The summed E-state index contributed by atoms with van der Waals surface area (Å²) in [7, 11) is 0. The van der Waals surface area contributed by atoms with Gasteiger partial charge in [-0.2, -0.15) is 13.2 Å². The van der Waals surface area contributed by atoms with Crippen LogP contribution in [-0.4, -0.2) is 31.2 Å². The fraction of sp³-hybridized carbons (Fsp3) is 0.923. The number of amides is 1. The van der Waals surface area contributed by atoms with Gasteiger partial charge in [0.2, 0.25) is 5.91 Å². The van der Waals surface area contributed by atoms with Crippen molar-refractivity contribution in [2.24, 2.45) is 0 Å². The molecule has 6 heteroatoms. The third-order valence-electron chi connectivity index (χ3n) is 2.84. The lowest BCUT2D eigenvalue weighted by molar-refractivity contribution is -0.139. The van der Waals surface area contributed by atoms with Crippen LogP contribution in [0.4, 0.5) is 13.2 Å². The van der Waals surface area contributed by atoms with Crippen molar-refractivity contribution in [2.45, 2.75) is 64.6 Å². The van der Waals surface area contributed by atoms with E-state index < -0.39 is 24.7 Å². The number of carbonyl (C=O) groups excluding carboxylic acids is 1. The van der Waals surface area contributed by atoms with Crippen molar-refractivity contribution >= 4 is 5.91 Å². The average Bonchev–Trinajstić information content (AvgIpc) is 2.33. The second-order valence-electron chi connectivity index (χ2n) is 4.78. The lowest BCUT2D eigenvalue weighted by Gasteiger charge is -2.15. The molecule has 0 saturated heterocycles. The fourth-order valence-corrected chi connectivity index (χ4v) is 1.66. The number of halogens is 3. The van der Waals surface area contributed by atoms with Gasteiger partial charge in [0, 0.05) is 0 Å². The second kappa shape index (κ2) is 10.1. The van der Waals surface area contributed by atoms with Crippen molar-refractivity contribution < 1.29 is 18.0 Å². The van der Waals surface area contributed by atoms with E-state index in [2.05, 4.69) is 12.2 Å². The van der Waals surface area contributed by atoms with Gasteiger partial charge in [-0.3, -0.25) is 4.79 Å². The quantitative estimate of drug-likeness (QED) is 0.605. The van der Waals surface area contributed by atoms with Crippen LogP contribution in [0.3, 0.4) is 0 Å². The Bertz CT molecular complexity index is 245. The summed E-state index contributed by atoms with van der Waals surface area (Å²) in [5.41, 5.74) is 0. The molecular formula is C13H25F3N2O. The van der Waals surface area contributed by atoms with Crippen LogP contribution < -0.4 is 10.6 Å². The molecule has 0 aliphatic carbocycles. The zero-order valence-electron chi connectivity index (χ0n) is 11.8. The Balaban J connectivity index is 3.52. The lowest BCUT2D eigenvalue weighted by atomic mass is 10.1. The third-order valence-corrected chi connectivity index (χ3v) is 2.84. The summed E-state index contributed by atoms with van der Waals surface area (Å²) >= 11 is 0. The van der Waals surface area contributed by atoms with E-state index in [0.29, 0.717) is 6.54 Å². The largest absolute Gasteiger partial charge is 0.405 e. The Kier molecular flexibility index (Phi) is 9.65. The fourth-order valence-electron chi connectivity index (χ4n) is 1.66. The Morgan fingerprint density at radius 3 is 2.26 bits per heavy atom. The Hall–Kier alpha value is -0.780. The summed E-state index contributed by atoms with van der Waals surface area (Å²) in [6.45, 7) is 3.12. The smallest absolute Gasteiger partial charge is 0.346 e. The van der Waals surface area contributed by atoms with Crippen molar-refractivity contribution in [2.75, 3.05) is 13.1 Å². The first-order valence-corrected chi connectivity index (χ1v) is 6.94. The summed E-state index contributed by atoms with van der Waals surface area (Å²) in [4.78, 5) is 11.3. The number of carbonyl (C=O) groups is 1. The highest BCUT2D eigenvalue weighted by Crippen LogP contribution is 2.12. The molecule has 19 heavy (non-hydrogen) atoms. The standard InChI is InChI=1S/C13H25F3N2O/c1-3-4-5-6-7-8-9-17-11(2)12(19)18-10-13(14,15)16/h11,17H,3-10H2,1-2H3,(H,18,19). The summed E-state index contributed by atoms with van der Waals surface area (Å²) in [5.74, 6) is -0.608. The van der Waals surface area contributed by atoms with Gasteiger partial charge in [0.25, 0.3) is 0 Å². The predicted molar refractivity (Wildman–Crippen MR) is 69.9 cm³/mol. The van der Waals surface area contributed by atoms with Crippen LogP contribution in [0.15, 0.2) is 0 Å². The van der Waals surface area contributed by atoms with E-state index in [1.54, 1.807) is 6.92 Å². The Morgan fingerprint density at radius 2 is 1.68 bits per heavy atom. The number of nitrogens with one attached hydrogen (secondary N) is 2. The molecule has 0 fully saturated rings. The highest BCUT2D eigenvalue weighted by atomic mass is 19.4. The number of rotatable bonds is 10. The van der Waals surface area contributed by atoms with Gasteiger partial charge in [-0.1, -0.05) is 39.0 Å². The van der Waals surface area contributed by atoms with Gasteiger partial charge in [-0.05, 0) is 19.9 Å². The second-order valence-corrected chi connectivity index (χ2v) is 4.78. The number of hydrogen-bond donors (Lipinski definition) is 2. The molecule has 2 N–H and O–H groups in total. The molecule has 114 valence electrons. The first kappa shape index (κ1) is 18.2. The molecule has 0 aromatic carbocycles. The van der Waals surface area contributed by atoms with Crippen molar-refractivity contribution in [1.82, 2.24) is 10.6 Å². The van der Waals surface area contributed by atoms with Gasteiger partial charge in [-0.15, -0.1) is 0 Å². The maximum Gasteiger partial charge on any atom is 0.405 e. The van der Waals surface area contributed by atoms with Crippen molar-refractivity contribution in [3.05, 3.63) is 0 Å². The van der Waals surface area contributed by atoms with Crippen LogP contribution >= 0.6 is 0 Å². The summed E-state index contributed by atoms with van der Waals surface area (Å²) in [6.07, 6.45) is 2.51. The van der Waals surface area contributed by atoms with Crippen LogP contribution in [0.1, 0.15) is 52.4 Å². The number of alkyl halides is 3. The van der Waals surface area contributed by atoms with E-state index in [1.807, 2.05) is 5.32 Å². The summed E-state index contributed by atoms with van der Waals surface area (Å²) < 4.78 is 35.7. The maximum absolute atomic E-state index is 11.9. The minimum atomic E-state index is -4.35. The molecule has 1 unspecified atom stereocenters. The predicted octanol–water partition coefficient (Wildman–Crippen LogP) is 3.00. The average molecular weight is 282 g/mol. The molecule has 3 nitrogen and oxygen atoms in total. The third kappa shape index (κ3) is 12.0. The van der Waals surface area contributed by atoms with Crippen molar-refractivity contribution in [3.8, 4) is 0 Å². The molecule has 0 bridgehead atoms. The van der Waals surface area contributed by atoms with Gasteiger partial charge in [0.1, 0.15) is 6.54 Å². The number of hydrogen-bond acceptors (Lipinski definition) is 2. The summed E-state index contributed by atoms with van der Waals surface area (Å²) in [6, 6.07) is -0.585. The van der Waals surface area contributed by atoms with E-state index in [9.17, 15) is 18.0 Å². The van der Waals surface area contributed by atoms with E-state index in [-0.39, 0.29) is 0 Å². The van der Waals surface area contributed by atoms with E-state index in [0.717, 1.165) is 12.8 Å². The Labute approximate surface area is 113 Å². The molecular weight excluding hydrogens is 257 g/mol. The van der Waals surface area contributed by atoms with E-state index in [4.69, 9.17) is 0 Å². The van der Waals surface area contributed by atoms with Crippen LogP contribution in [0, 0.1) is 0 Å². The number of unbranched alkanes of at least 4 members (excludes halogenated alkanes) is 5. The monoisotopic (exact) mass is 282 g/mol. The SMILES string of the molecule is CCCCCCCCNC(C)C(=O)NCC(F)(F)F. The van der Waals surface area contributed by atoms with Gasteiger partial charge < -0.3 is 10.6 Å². The molecule has 0 aliphatic heterocycles. The minimum absolute atomic E-state index is 0.585. The molecule has 0 spiro atoms. The molecule has 1 atom stereocenters. The normalized spacial score (nSPS) is 13.3. The highest BCUT2D eigenvalue weighted by molar-refractivity contribution is 5.81. The lowest BCUT2D eigenvalue weighted by Crippen LogP contribution is -2.45. The van der Waals surface area contributed by atoms with Crippen molar-refractivity contribution in [3.63, 3.8) is 0 Å². The topological polar surface area (TPSA) is 41.1 Å². The summed E-state index contributed by atoms with van der Waals surface area (Å²) in [5, 5.41) is 4.79. The molecule has 0 heterocycles. The minimum Gasteiger partial charge on any atom is -0.346 e. The van der Waals surface area contributed by atoms with Gasteiger partial charge in [0.15, 0.2) is 0 Å². The molecule has 1 amide bonds. The first-order valence-electron chi connectivity index (χ1n) is 6.94. The van der Waals surface area contributed by atoms with E-state index in [1.165, 1.54) is 25.7 Å². The molecule has 0 aromatic rings. The molecule has 0 aromatic heterocycles. The maximum atomic E-state index is 11.9. The highest BCUT2D eigenvalue weighted by Gasteiger charge is 2.28. The van der Waals surface area contributed by atoms with Crippen molar-refractivity contribution in [1.29, 1.82) is 0 Å². The van der Waals surface area contributed by atoms with Crippen LogP contribution in [0.25, 0.3) is 0 Å². The zero-order chi connectivity index (χ0) is 14.7. The van der Waals surface area contributed by atoms with Crippen LogP contribution in [0.2, 0.25) is 0 Å². The van der Waals surface area contributed by atoms with Gasteiger partial charge >= 0.3 is 6.18 Å².